The van der Waals surface area contributed by atoms with Gasteiger partial charge in [0, 0.05) is 65.8 Å². The summed E-state index contributed by atoms with van der Waals surface area (Å²) in [6.07, 6.45) is 5.11. The van der Waals surface area contributed by atoms with Gasteiger partial charge in [0.2, 0.25) is 5.91 Å². The van der Waals surface area contributed by atoms with Crippen molar-refractivity contribution in [1.29, 1.82) is 0 Å². The quantitative estimate of drug-likeness (QED) is 0.157. The fourth-order valence-electron chi connectivity index (χ4n) is 6.25. The molecule has 1 atom stereocenters. The first kappa shape index (κ1) is 30.2. The number of carbonyl (C=O) groups is 1. The number of benzene rings is 1. The lowest BCUT2D eigenvalue weighted by Crippen LogP contribution is -2.45. The zero-order valence-corrected chi connectivity index (χ0v) is 26.6. The molecule has 0 bridgehead atoms. The second kappa shape index (κ2) is 12.0. The summed E-state index contributed by atoms with van der Waals surface area (Å²) in [5.41, 5.74) is 3.77. The summed E-state index contributed by atoms with van der Waals surface area (Å²) in [5.74, 6) is -1.65. The van der Waals surface area contributed by atoms with Gasteiger partial charge in [-0.3, -0.25) is 14.2 Å². The largest absolute Gasteiger partial charge is 0.490 e. The van der Waals surface area contributed by atoms with Crippen LogP contribution in [0, 0.1) is 11.6 Å². The maximum Gasteiger partial charge on any atom is 0.246 e. The Morgan fingerprint density at radius 2 is 1.98 bits per heavy atom. The first-order valence-electron chi connectivity index (χ1n) is 15.0. The van der Waals surface area contributed by atoms with Crippen LogP contribution in [-0.4, -0.2) is 86.8 Å². The molecule has 2 aliphatic rings. The number of aromatic nitrogens is 5. The van der Waals surface area contributed by atoms with Gasteiger partial charge in [0.25, 0.3) is 0 Å². The van der Waals surface area contributed by atoms with E-state index in [1.807, 2.05) is 40.0 Å². The Hall–Kier alpha value is -4.46. The Labute approximate surface area is 268 Å². The minimum Gasteiger partial charge on any atom is -0.490 e. The van der Waals surface area contributed by atoms with Crippen molar-refractivity contribution >= 4 is 27.3 Å². The van der Waals surface area contributed by atoms with Crippen LogP contribution in [0.1, 0.15) is 18.7 Å². The number of carbonyl (C=O) groups excluding carboxylic acids is 1. The number of thiophene rings is 1. The van der Waals surface area contributed by atoms with Gasteiger partial charge in [-0.25, -0.2) is 13.8 Å². The predicted octanol–water partition coefficient (Wildman–Crippen LogP) is 5.40. The lowest BCUT2D eigenvalue weighted by Gasteiger charge is -2.36. The fourth-order valence-corrected chi connectivity index (χ4v) is 7.19. The smallest absolute Gasteiger partial charge is 0.246 e. The third-order valence-corrected chi connectivity index (χ3v) is 9.51. The summed E-state index contributed by atoms with van der Waals surface area (Å²) in [6, 6.07) is 6.04. The highest BCUT2D eigenvalue weighted by Crippen LogP contribution is 2.47. The van der Waals surface area contributed by atoms with E-state index in [1.54, 1.807) is 11.1 Å². The van der Waals surface area contributed by atoms with E-state index in [1.165, 1.54) is 30.6 Å². The van der Waals surface area contributed by atoms with Crippen molar-refractivity contribution in [3.63, 3.8) is 0 Å². The number of amides is 1. The molecule has 0 saturated carbocycles. The molecule has 4 aromatic heterocycles. The van der Waals surface area contributed by atoms with Crippen LogP contribution in [0.5, 0.6) is 5.75 Å². The zero-order valence-electron chi connectivity index (χ0n) is 25.7. The number of ether oxygens (including phenoxy) is 2. The van der Waals surface area contributed by atoms with Crippen LogP contribution in [-0.2, 0) is 22.6 Å². The van der Waals surface area contributed by atoms with Crippen molar-refractivity contribution in [3.8, 4) is 39.5 Å². The SMILES string of the molecule is C=CC(=O)N1Cc2cc(-c3nc(-c4cnn(C5CN(C)C5)c4)c4ccsc4c3-c3c(F)cc(F)cc3OCCOC)nn2CC1C. The number of likely N-dealkylation sites (tertiary alicyclic amines) is 1. The molecule has 1 unspecified atom stereocenters. The van der Waals surface area contributed by atoms with Crippen LogP contribution in [0.15, 0.2) is 54.7 Å². The van der Waals surface area contributed by atoms with Gasteiger partial charge in [-0.1, -0.05) is 6.58 Å². The molecule has 2 aliphatic heterocycles. The Morgan fingerprint density at radius 3 is 2.74 bits per heavy atom. The van der Waals surface area contributed by atoms with Gasteiger partial charge < -0.3 is 19.3 Å². The molecule has 0 aliphatic carbocycles. The summed E-state index contributed by atoms with van der Waals surface area (Å²) in [6.45, 7) is 8.56. The van der Waals surface area contributed by atoms with E-state index in [2.05, 4.69) is 23.6 Å². The highest BCUT2D eigenvalue weighted by Gasteiger charge is 2.31. The molecule has 0 N–H and O–H groups in total. The molecule has 1 fully saturated rings. The van der Waals surface area contributed by atoms with Crippen LogP contribution in [0.2, 0.25) is 0 Å². The monoisotopic (exact) mass is 645 g/mol. The second-order valence-electron chi connectivity index (χ2n) is 11.8. The summed E-state index contributed by atoms with van der Waals surface area (Å²) in [4.78, 5) is 21.7. The number of hydrogen-bond acceptors (Lipinski definition) is 8. The van der Waals surface area contributed by atoms with E-state index >= 15 is 4.39 Å². The van der Waals surface area contributed by atoms with Crippen LogP contribution >= 0.6 is 11.3 Å². The average molecular weight is 646 g/mol. The molecule has 1 aromatic carbocycles. The van der Waals surface area contributed by atoms with E-state index in [4.69, 9.17) is 19.6 Å². The van der Waals surface area contributed by atoms with E-state index in [-0.39, 0.29) is 42.5 Å². The number of nitrogens with zero attached hydrogens (tertiary/aromatic N) is 7. The van der Waals surface area contributed by atoms with E-state index in [9.17, 15) is 9.18 Å². The molecule has 6 heterocycles. The number of likely N-dealkylation sites (N-methyl/N-ethyl adjacent to an activating group) is 1. The van der Waals surface area contributed by atoms with Crippen molar-refractivity contribution in [2.45, 2.75) is 32.1 Å². The summed E-state index contributed by atoms with van der Waals surface area (Å²) < 4.78 is 46.2. The van der Waals surface area contributed by atoms with E-state index in [0.29, 0.717) is 35.7 Å². The molecule has 1 amide bonds. The Kier molecular flexibility index (Phi) is 7.91. The van der Waals surface area contributed by atoms with Crippen molar-refractivity contribution in [3.05, 3.63) is 72.0 Å². The van der Waals surface area contributed by atoms with Gasteiger partial charge in [0.1, 0.15) is 35.4 Å². The van der Waals surface area contributed by atoms with Crippen LogP contribution in [0.4, 0.5) is 8.78 Å². The van der Waals surface area contributed by atoms with Crippen molar-refractivity contribution in [2.75, 3.05) is 40.5 Å². The van der Waals surface area contributed by atoms with Crippen molar-refractivity contribution in [1.82, 2.24) is 34.3 Å². The molecule has 0 radical (unpaired) electrons. The van der Waals surface area contributed by atoms with Crippen LogP contribution in [0.3, 0.4) is 0 Å². The second-order valence-corrected chi connectivity index (χ2v) is 12.7. The Bertz CT molecular complexity index is 1960. The van der Waals surface area contributed by atoms with Crippen molar-refractivity contribution in [2.24, 2.45) is 0 Å². The minimum absolute atomic E-state index is 0.0438. The van der Waals surface area contributed by atoms with Gasteiger partial charge in [-0.2, -0.15) is 10.2 Å². The number of methoxy groups -OCH3 is 1. The number of pyridine rings is 1. The van der Waals surface area contributed by atoms with E-state index < -0.39 is 11.6 Å². The topological polar surface area (TPSA) is 90.5 Å². The van der Waals surface area contributed by atoms with Crippen molar-refractivity contribution < 1.29 is 23.0 Å². The molecule has 10 nitrogen and oxygen atoms in total. The maximum absolute atomic E-state index is 16.0. The molecule has 13 heteroatoms. The van der Waals surface area contributed by atoms with Gasteiger partial charge in [-0.05, 0) is 37.6 Å². The van der Waals surface area contributed by atoms with Gasteiger partial charge in [0.15, 0.2) is 0 Å². The highest BCUT2D eigenvalue weighted by molar-refractivity contribution is 7.18. The van der Waals surface area contributed by atoms with Gasteiger partial charge >= 0.3 is 0 Å². The standard InChI is InChI=1S/C33H33F2N7O3S/c1-5-28(43)40-18-22-12-26(38-42(22)14-19(40)2)32-30(29-25(35)10-21(34)11-27(29)45-8-7-44-4)33-24(6-9-46-33)31(37-32)20-13-36-41(15-20)23-16-39(3)17-23/h5-6,9-13,15,19,23H,1,7-8,14,16-18H2,2-4H3. The molecule has 46 heavy (non-hydrogen) atoms. The van der Waals surface area contributed by atoms with Gasteiger partial charge in [0.05, 0.1) is 48.9 Å². The Balaban J connectivity index is 1.44. The molecule has 0 spiro atoms. The molecular weight excluding hydrogens is 612 g/mol. The lowest BCUT2D eigenvalue weighted by molar-refractivity contribution is -0.129. The number of halogens is 2. The zero-order chi connectivity index (χ0) is 32.1. The molecule has 7 rings (SSSR count). The normalized spacial score (nSPS) is 16.9. The van der Waals surface area contributed by atoms with Gasteiger partial charge in [-0.15, -0.1) is 11.3 Å². The Morgan fingerprint density at radius 1 is 1.15 bits per heavy atom. The summed E-state index contributed by atoms with van der Waals surface area (Å²) >= 11 is 1.43. The molecular formula is C33H33F2N7O3S. The average Bonchev–Trinajstić information content (AvgIpc) is 3.78. The number of rotatable bonds is 9. The third-order valence-electron chi connectivity index (χ3n) is 8.58. The lowest BCUT2D eigenvalue weighted by atomic mass is 9.97. The molecule has 238 valence electrons. The molecule has 1 saturated heterocycles. The van der Waals surface area contributed by atoms with Crippen LogP contribution < -0.4 is 4.74 Å². The fraction of sp³-hybridized carbons (Fsp3) is 0.333. The first-order chi connectivity index (χ1) is 22.2. The minimum atomic E-state index is -0.778. The summed E-state index contributed by atoms with van der Waals surface area (Å²) in [5, 5.41) is 12.3. The third kappa shape index (κ3) is 5.27. The summed E-state index contributed by atoms with van der Waals surface area (Å²) in [7, 11) is 3.60. The van der Waals surface area contributed by atoms with E-state index in [0.717, 1.165) is 40.5 Å². The maximum atomic E-state index is 16.0. The number of fused-ring (bicyclic) bond motifs is 2. The first-order valence-corrected chi connectivity index (χ1v) is 15.9. The number of hydrogen-bond donors (Lipinski definition) is 0. The highest BCUT2D eigenvalue weighted by atomic mass is 32.1. The predicted molar refractivity (Wildman–Crippen MR) is 172 cm³/mol. The molecule has 5 aromatic rings. The van der Waals surface area contributed by atoms with Crippen LogP contribution in [0.25, 0.3) is 43.9 Å².